The van der Waals surface area contributed by atoms with Crippen molar-refractivity contribution in [1.29, 1.82) is 0 Å². The molecular weight excluding hydrogens is 212 g/mol. The Labute approximate surface area is 93.4 Å². The Hall–Kier alpha value is -1.59. The van der Waals surface area contributed by atoms with Gasteiger partial charge in [0.05, 0.1) is 0 Å². The van der Waals surface area contributed by atoms with Crippen LogP contribution in [-0.2, 0) is 14.4 Å². The van der Waals surface area contributed by atoms with Crippen molar-refractivity contribution in [3.05, 3.63) is 0 Å². The number of carboxylic acids is 1. The molecule has 6 nitrogen and oxygen atoms in total. The van der Waals surface area contributed by atoms with Gasteiger partial charge in [-0.2, -0.15) is 0 Å². The van der Waals surface area contributed by atoms with Gasteiger partial charge in [-0.1, -0.05) is 13.8 Å². The average Bonchev–Trinajstić information content (AvgIpc) is 2.18. The summed E-state index contributed by atoms with van der Waals surface area (Å²) in [4.78, 5) is 33.5. The van der Waals surface area contributed by atoms with Gasteiger partial charge in [0.15, 0.2) is 0 Å². The lowest BCUT2D eigenvalue weighted by Gasteiger charge is -2.31. The number of carboxylic acid groups (broad SMARTS) is 1. The van der Waals surface area contributed by atoms with Gasteiger partial charge in [-0.3, -0.25) is 14.4 Å². The Bertz CT molecular complexity index is 314. The van der Waals surface area contributed by atoms with E-state index in [9.17, 15) is 14.4 Å². The highest BCUT2D eigenvalue weighted by atomic mass is 16.4. The van der Waals surface area contributed by atoms with Crippen LogP contribution in [0.1, 0.15) is 26.7 Å². The molecule has 0 radical (unpaired) electrons. The topological polar surface area (TPSA) is 95.5 Å². The summed E-state index contributed by atoms with van der Waals surface area (Å²) in [7, 11) is 0. The van der Waals surface area contributed by atoms with Crippen molar-refractivity contribution in [2.45, 2.75) is 38.8 Å². The number of aliphatic carboxylic acids is 1. The Morgan fingerprint density at radius 3 is 2.44 bits per heavy atom. The van der Waals surface area contributed by atoms with E-state index in [1.54, 1.807) is 0 Å². The second-order valence-electron chi connectivity index (χ2n) is 4.22. The van der Waals surface area contributed by atoms with Crippen molar-refractivity contribution in [2.24, 2.45) is 5.92 Å². The zero-order valence-electron chi connectivity index (χ0n) is 9.32. The third kappa shape index (κ3) is 2.95. The zero-order chi connectivity index (χ0) is 12.3. The van der Waals surface area contributed by atoms with Crippen molar-refractivity contribution in [2.75, 3.05) is 0 Å². The van der Waals surface area contributed by atoms with Crippen LogP contribution in [0.4, 0.5) is 0 Å². The van der Waals surface area contributed by atoms with Crippen LogP contribution in [0.25, 0.3) is 0 Å². The first-order valence-corrected chi connectivity index (χ1v) is 5.24. The normalized spacial score (nSPS) is 25.2. The highest BCUT2D eigenvalue weighted by molar-refractivity contribution is 5.97. The van der Waals surface area contributed by atoms with Gasteiger partial charge in [0.2, 0.25) is 11.8 Å². The molecule has 1 saturated heterocycles. The molecule has 0 aliphatic carbocycles. The van der Waals surface area contributed by atoms with Crippen molar-refractivity contribution in [3.8, 4) is 0 Å². The molecule has 1 rings (SSSR count). The summed E-state index contributed by atoms with van der Waals surface area (Å²) in [6, 6.07) is -1.24. The molecule has 0 spiro atoms. The smallest absolute Gasteiger partial charge is 0.303 e. The van der Waals surface area contributed by atoms with E-state index in [0.29, 0.717) is 0 Å². The Kier molecular flexibility index (Phi) is 3.87. The van der Waals surface area contributed by atoms with Crippen LogP contribution >= 0.6 is 0 Å². The van der Waals surface area contributed by atoms with Gasteiger partial charge in [0, 0.05) is 6.42 Å². The molecule has 90 valence electrons. The van der Waals surface area contributed by atoms with Crippen LogP contribution in [0.15, 0.2) is 0 Å². The molecule has 2 atom stereocenters. The first kappa shape index (κ1) is 12.5. The van der Waals surface area contributed by atoms with E-state index in [-0.39, 0.29) is 30.6 Å². The summed E-state index contributed by atoms with van der Waals surface area (Å²) in [6.07, 6.45) is -0.0115. The van der Waals surface area contributed by atoms with Crippen molar-refractivity contribution >= 4 is 17.8 Å². The van der Waals surface area contributed by atoms with Crippen LogP contribution in [0, 0.1) is 5.92 Å². The number of hydrogen-bond donors (Lipinski definition) is 3. The summed E-state index contributed by atoms with van der Waals surface area (Å²) in [5.74, 6) is -1.51. The number of hydrogen-bond acceptors (Lipinski definition) is 3. The Morgan fingerprint density at radius 2 is 1.94 bits per heavy atom. The third-order valence-corrected chi connectivity index (χ3v) is 2.53. The molecular formula is C10H16N2O4. The summed E-state index contributed by atoms with van der Waals surface area (Å²) < 4.78 is 0. The maximum atomic E-state index is 11.6. The van der Waals surface area contributed by atoms with Crippen molar-refractivity contribution < 1.29 is 19.5 Å². The van der Waals surface area contributed by atoms with E-state index in [1.807, 2.05) is 13.8 Å². The highest BCUT2D eigenvalue weighted by Gasteiger charge is 2.34. The molecule has 0 aromatic heterocycles. The number of carbonyl (C=O) groups excluding carboxylic acids is 2. The highest BCUT2D eigenvalue weighted by Crippen LogP contribution is 2.09. The van der Waals surface area contributed by atoms with Gasteiger partial charge in [0.25, 0.3) is 0 Å². The lowest BCUT2D eigenvalue weighted by Crippen LogP contribution is -2.63. The molecule has 6 heteroatoms. The third-order valence-electron chi connectivity index (χ3n) is 2.53. The molecule has 0 unspecified atom stereocenters. The maximum Gasteiger partial charge on any atom is 0.303 e. The second-order valence-corrected chi connectivity index (χ2v) is 4.22. The van der Waals surface area contributed by atoms with Gasteiger partial charge in [-0.25, -0.2) is 0 Å². The minimum Gasteiger partial charge on any atom is -0.481 e. The van der Waals surface area contributed by atoms with Crippen LogP contribution < -0.4 is 10.6 Å². The fourth-order valence-electron chi connectivity index (χ4n) is 1.59. The van der Waals surface area contributed by atoms with E-state index in [0.717, 1.165) is 0 Å². The molecule has 0 saturated carbocycles. The fraction of sp³-hybridized carbons (Fsp3) is 0.700. The average molecular weight is 228 g/mol. The number of piperazine rings is 1. The molecule has 0 bridgehead atoms. The molecule has 3 N–H and O–H groups in total. The molecule has 1 heterocycles. The predicted octanol–water partition coefficient (Wildman–Crippen LogP) is -0.510. The van der Waals surface area contributed by atoms with E-state index in [1.165, 1.54) is 0 Å². The lowest BCUT2D eigenvalue weighted by molar-refractivity contribution is -0.140. The van der Waals surface area contributed by atoms with Crippen molar-refractivity contribution in [3.63, 3.8) is 0 Å². The summed E-state index contributed by atoms with van der Waals surface area (Å²) in [5, 5.41) is 13.6. The van der Waals surface area contributed by atoms with Crippen LogP contribution in [-0.4, -0.2) is 35.0 Å². The van der Waals surface area contributed by atoms with Gasteiger partial charge in [-0.05, 0) is 12.3 Å². The van der Waals surface area contributed by atoms with E-state index >= 15 is 0 Å². The van der Waals surface area contributed by atoms with Gasteiger partial charge in [0.1, 0.15) is 12.1 Å². The minimum atomic E-state index is -0.979. The predicted molar refractivity (Wildman–Crippen MR) is 55.6 cm³/mol. The van der Waals surface area contributed by atoms with Crippen LogP contribution in [0.3, 0.4) is 0 Å². The largest absolute Gasteiger partial charge is 0.481 e. The number of carbonyl (C=O) groups is 3. The standard InChI is InChI=1S/C10H16N2O4/c1-5(2)8-10(16)11-6(9(15)12-8)3-4-7(13)14/h5-6,8H,3-4H2,1-2H3,(H,11,16)(H,12,15)(H,13,14)/t6-,8-/m0/s1. The lowest BCUT2D eigenvalue weighted by atomic mass is 9.98. The molecule has 1 fully saturated rings. The molecule has 1 aliphatic rings. The van der Waals surface area contributed by atoms with Crippen LogP contribution in [0.2, 0.25) is 0 Å². The number of rotatable bonds is 4. The van der Waals surface area contributed by atoms with Gasteiger partial charge in [-0.15, -0.1) is 0 Å². The first-order valence-electron chi connectivity index (χ1n) is 5.24. The quantitative estimate of drug-likeness (QED) is 0.604. The Balaban J connectivity index is 2.56. The van der Waals surface area contributed by atoms with Crippen molar-refractivity contribution in [1.82, 2.24) is 10.6 Å². The summed E-state index contributed by atoms with van der Waals surface area (Å²) >= 11 is 0. The molecule has 0 aromatic rings. The van der Waals surface area contributed by atoms with Gasteiger partial charge >= 0.3 is 5.97 Å². The maximum absolute atomic E-state index is 11.6. The summed E-state index contributed by atoms with van der Waals surface area (Å²) in [5.41, 5.74) is 0. The SMILES string of the molecule is CC(C)[C@@H]1NC(=O)[C@H](CCC(=O)O)NC1=O. The van der Waals surface area contributed by atoms with Gasteiger partial charge < -0.3 is 15.7 Å². The number of amides is 2. The monoisotopic (exact) mass is 228 g/mol. The van der Waals surface area contributed by atoms with E-state index in [4.69, 9.17) is 5.11 Å². The molecule has 16 heavy (non-hydrogen) atoms. The zero-order valence-corrected chi connectivity index (χ0v) is 9.32. The molecule has 1 aliphatic heterocycles. The molecule has 2 amide bonds. The Morgan fingerprint density at radius 1 is 1.31 bits per heavy atom. The first-order chi connectivity index (χ1) is 7.41. The number of nitrogens with one attached hydrogen (secondary N) is 2. The minimum absolute atomic E-state index is 0.0179. The summed E-state index contributed by atoms with van der Waals surface area (Å²) in [6.45, 7) is 3.67. The molecule has 0 aromatic carbocycles. The van der Waals surface area contributed by atoms with Crippen LogP contribution in [0.5, 0.6) is 0 Å². The van der Waals surface area contributed by atoms with E-state index < -0.39 is 18.1 Å². The van der Waals surface area contributed by atoms with E-state index in [2.05, 4.69) is 10.6 Å². The fourth-order valence-corrected chi connectivity index (χ4v) is 1.59. The second kappa shape index (κ2) is 4.96.